The van der Waals surface area contributed by atoms with Crippen LogP contribution in [-0.2, 0) is 14.3 Å². The normalized spacial score (nSPS) is 10.5. The van der Waals surface area contributed by atoms with Crippen molar-refractivity contribution < 1.29 is 14.3 Å². The van der Waals surface area contributed by atoms with Gasteiger partial charge in [0, 0.05) is 12.8 Å². The van der Waals surface area contributed by atoms with Crippen molar-refractivity contribution in [2.75, 3.05) is 6.61 Å². The number of ketones is 1. The molecule has 3 nitrogen and oxygen atoms in total. The van der Waals surface area contributed by atoms with Gasteiger partial charge in [-0.25, -0.2) is 4.79 Å². The standard InChI is InChI=1S/C11H14O3/c1-4-7-8-10(12)9(5-2)11(13)14-6-3/h1,5H,6-8H2,2-3H3. The number of esters is 1. The Kier molecular flexibility index (Phi) is 6.13. The number of carbonyl (C=O) groups excluding carboxylic acids is 2. The predicted molar refractivity (Wildman–Crippen MR) is 53.5 cm³/mol. The Hall–Kier alpha value is -1.56. The van der Waals surface area contributed by atoms with E-state index in [0.29, 0.717) is 6.42 Å². The van der Waals surface area contributed by atoms with Crippen molar-refractivity contribution in [1.29, 1.82) is 0 Å². The number of hydrogen-bond acceptors (Lipinski definition) is 3. The molecule has 0 atom stereocenters. The molecule has 0 aromatic heterocycles. The third kappa shape index (κ3) is 3.90. The molecular formula is C11H14O3. The number of allylic oxidation sites excluding steroid dienone is 1. The third-order valence-corrected chi connectivity index (χ3v) is 1.58. The first-order valence-electron chi connectivity index (χ1n) is 4.47. The molecule has 0 aliphatic heterocycles. The Morgan fingerprint density at radius 2 is 2.14 bits per heavy atom. The molecule has 0 aliphatic rings. The number of Topliss-reactive ketones (excluding diaryl/α,β-unsaturated/α-hetero) is 1. The van der Waals surface area contributed by atoms with Crippen LogP contribution < -0.4 is 0 Å². The van der Waals surface area contributed by atoms with Crippen molar-refractivity contribution >= 4 is 11.8 Å². The van der Waals surface area contributed by atoms with Crippen LogP contribution in [0.4, 0.5) is 0 Å². The highest BCUT2D eigenvalue weighted by molar-refractivity contribution is 6.17. The molecule has 0 aromatic carbocycles. The summed E-state index contributed by atoms with van der Waals surface area (Å²) in [5, 5.41) is 0. The van der Waals surface area contributed by atoms with Crippen LogP contribution in [0.1, 0.15) is 26.7 Å². The van der Waals surface area contributed by atoms with Gasteiger partial charge in [0.1, 0.15) is 0 Å². The van der Waals surface area contributed by atoms with E-state index in [1.807, 2.05) is 0 Å². The maximum Gasteiger partial charge on any atom is 0.341 e. The van der Waals surface area contributed by atoms with Gasteiger partial charge in [-0.1, -0.05) is 6.08 Å². The van der Waals surface area contributed by atoms with Gasteiger partial charge in [-0.05, 0) is 13.8 Å². The van der Waals surface area contributed by atoms with E-state index in [4.69, 9.17) is 11.2 Å². The number of ether oxygens (including phenoxy) is 1. The van der Waals surface area contributed by atoms with Gasteiger partial charge in [-0.3, -0.25) is 4.79 Å². The lowest BCUT2D eigenvalue weighted by atomic mass is 10.1. The van der Waals surface area contributed by atoms with Gasteiger partial charge in [-0.15, -0.1) is 12.3 Å². The Morgan fingerprint density at radius 3 is 2.57 bits per heavy atom. The molecule has 76 valence electrons. The summed E-state index contributed by atoms with van der Waals surface area (Å²) in [5.74, 6) is 1.52. The zero-order valence-electron chi connectivity index (χ0n) is 8.50. The highest BCUT2D eigenvalue weighted by atomic mass is 16.5. The molecule has 0 saturated carbocycles. The van der Waals surface area contributed by atoms with Gasteiger partial charge in [0.05, 0.1) is 12.2 Å². The molecule has 0 N–H and O–H groups in total. The minimum absolute atomic E-state index is 0.0853. The summed E-state index contributed by atoms with van der Waals surface area (Å²) in [6.45, 7) is 3.58. The summed E-state index contributed by atoms with van der Waals surface area (Å²) in [4.78, 5) is 22.6. The number of rotatable bonds is 5. The van der Waals surface area contributed by atoms with E-state index in [9.17, 15) is 9.59 Å². The van der Waals surface area contributed by atoms with E-state index >= 15 is 0 Å². The van der Waals surface area contributed by atoms with Crippen LogP contribution in [0.2, 0.25) is 0 Å². The lowest BCUT2D eigenvalue weighted by Gasteiger charge is -2.03. The quantitative estimate of drug-likeness (QED) is 0.219. The van der Waals surface area contributed by atoms with Crippen molar-refractivity contribution in [3.05, 3.63) is 11.6 Å². The molecule has 0 amide bonds. The summed E-state index contributed by atoms with van der Waals surface area (Å²) in [6.07, 6.45) is 7.00. The van der Waals surface area contributed by atoms with Crippen LogP contribution >= 0.6 is 0 Å². The predicted octanol–water partition coefficient (Wildman–Crippen LogP) is 1.48. The summed E-state index contributed by atoms with van der Waals surface area (Å²) in [6, 6.07) is 0. The lowest BCUT2D eigenvalue weighted by molar-refractivity contribution is -0.140. The Bertz CT molecular complexity index is 281. The van der Waals surface area contributed by atoms with Crippen LogP contribution in [0.5, 0.6) is 0 Å². The first kappa shape index (κ1) is 12.4. The van der Waals surface area contributed by atoms with Crippen LogP contribution in [-0.4, -0.2) is 18.4 Å². The molecule has 0 bridgehead atoms. The largest absolute Gasteiger partial charge is 0.462 e. The molecule has 0 fully saturated rings. The van der Waals surface area contributed by atoms with E-state index < -0.39 is 5.97 Å². The summed E-state index contributed by atoms with van der Waals surface area (Å²) in [5.41, 5.74) is 0.0853. The SMILES string of the molecule is C#CCCC(=O)C(=CC)C(=O)OCC. The number of terminal acetylenes is 1. The Balaban J connectivity index is 4.36. The maximum absolute atomic E-state index is 11.4. The molecule has 0 rings (SSSR count). The highest BCUT2D eigenvalue weighted by Crippen LogP contribution is 2.05. The zero-order valence-corrected chi connectivity index (χ0v) is 8.50. The van der Waals surface area contributed by atoms with Gasteiger partial charge in [-0.2, -0.15) is 0 Å². The van der Waals surface area contributed by atoms with E-state index in [2.05, 4.69) is 5.92 Å². The first-order chi connectivity index (χ1) is 6.67. The van der Waals surface area contributed by atoms with Crippen molar-refractivity contribution in [2.45, 2.75) is 26.7 Å². The molecule has 0 aromatic rings. The highest BCUT2D eigenvalue weighted by Gasteiger charge is 2.17. The van der Waals surface area contributed by atoms with Crippen molar-refractivity contribution in [3.8, 4) is 12.3 Å². The summed E-state index contributed by atoms with van der Waals surface area (Å²) < 4.78 is 4.72. The number of hydrogen-bond donors (Lipinski definition) is 0. The molecule has 0 heterocycles. The first-order valence-corrected chi connectivity index (χ1v) is 4.47. The van der Waals surface area contributed by atoms with Gasteiger partial charge in [0.25, 0.3) is 0 Å². The molecular weight excluding hydrogens is 180 g/mol. The van der Waals surface area contributed by atoms with E-state index in [0.717, 1.165) is 0 Å². The molecule has 0 aliphatic carbocycles. The molecule has 0 saturated heterocycles. The summed E-state index contributed by atoms with van der Waals surface area (Å²) in [7, 11) is 0. The molecule has 0 unspecified atom stereocenters. The third-order valence-electron chi connectivity index (χ3n) is 1.58. The monoisotopic (exact) mass is 194 g/mol. The maximum atomic E-state index is 11.4. The Morgan fingerprint density at radius 1 is 1.50 bits per heavy atom. The Labute approximate surface area is 84.1 Å². The minimum Gasteiger partial charge on any atom is -0.462 e. The second-order valence-electron chi connectivity index (χ2n) is 2.55. The second kappa shape index (κ2) is 6.90. The molecule has 0 spiro atoms. The van der Waals surface area contributed by atoms with Crippen LogP contribution in [0, 0.1) is 12.3 Å². The van der Waals surface area contributed by atoms with Crippen LogP contribution in [0.3, 0.4) is 0 Å². The smallest absolute Gasteiger partial charge is 0.341 e. The van der Waals surface area contributed by atoms with Crippen molar-refractivity contribution in [3.63, 3.8) is 0 Å². The summed E-state index contributed by atoms with van der Waals surface area (Å²) >= 11 is 0. The van der Waals surface area contributed by atoms with E-state index in [1.165, 1.54) is 6.08 Å². The van der Waals surface area contributed by atoms with Crippen molar-refractivity contribution in [1.82, 2.24) is 0 Å². The fraction of sp³-hybridized carbons (Fsp3) is 0.455. The average molecular weight is 194 g/mol. The van der Waals surface area contributed by atoms with E-state index in [1.54, 1.807) is 13.8 Å². The minimum atomic E-state index is -0.572. The fourth-order valence-corrected chi connectivity index (χ4v) is 0.922. The average Bonchev–Trinajstić information content (AvgIpc) is 2.16. The van der Waals surface area contributed by atoms with Crippen LogP contribution in [0.25, 0.3) is 0 Å². The molecule has 14 heavy (non-hydrogen) atoms. The van der Waals surface area contributed by atoms with Gasteiger partial charge >= 0.3 is 5.97 Å². The fourth-order valence-electron chi connectivity index (χ4n) is 0.922. The number of carbonyl (C=O) groups is 2. The lowest BCUT2D eigenvalue weighted by Crippen LogP contribution is -2.15. The van der Waals surface area contributed by atoms with E-state index in [-0.39, 0.29) is 24.4 Å². The second-order valence-corrected chi connectivity index (χ2v) is 2.55. The van der Waals surface area contributed by atoms with Gasteiger partial charge in [0.15, 0.2) is 5.78 Å². The van der Waals surface area contributed by atoms with Gasteiger partial charge in [0.2, 0.25) is 0 Å². The zero-order chi connectivity index (χ0) is 11.0. The van der Waals surface area contributed by atoms with Gasteiger partial charge < -0.3 is 4.74 Å². The van der Waals surface area contributed by atoms with Crippen LogP contribution in [0.15, 0.2) is 11.6 Å². The molecule has 0 radical (unpaired) electrons. The topological polar surface area (TPSA) is 43.4 Å². The molecule has 3 heteroatoms. The van der Waals surface area contributed by atoms with Crippen molar-refractivity contribution in [2.24, 2.45) is 0 Å².